The van der Waals surface area contributed by atoms with E-state index in [1.165, 1.54) is 0 Å². The standard InChI is InChI=1S/C12H17IN2O2/c1-16-12(4-5-17-8-12)7-15-11-3-2-9(13)6-10(11)14/h2-3,6,15H,4-5,7-8,14H2,1H3. The fraction of sp³-hybridized carbons (Fsp3) is 0.500. The second-order valence-corrected chi connectivity index (χ2v) is 5.52. The van der Waals surface area contributed by atoms with Crippen LogP contribution in [0.4, 0.5) is 11.4 Å². The largest absolute Gasteiger partial charge is 0.397 e. The van der Waals surface area contributed by atoms with Crippen LogP contribution in [0.3, 0.4) is 0 Å². The van der Waals surface area contributed by atoms with E-state index in [0.717, 1.165) is 28.0 Å². The van der Waals surface area contributed by atoms with Crippen LogP contribution in [0.25, 0.3) is 0 Å². The topological polar surface area (TPSA) is 56.5 Å². The summed E-state index contributed by atoms with van der Waals surface area (Å²) in [6.45, 7) is 2.12. The highest BCUT2D eigenvalue weighted by molar-refractivity contribution is 14.1. The molecule has 1 fully saturated rings. The van der Waals surface area contributed by atoms with Crippen LogP contribution < -0.4 is 11.1 Å². The first-order valence-corrected chi connectivity index (χ1v) is 6.65. The Bertz CT molecular complexity index is 392. The lowest BCUT2D eigenvalue weighted by molar-refractivity contribution is -0.00618. The molecule has 0 spiro atoms. The van der Waals surface area contributed by atoms with Crippen molar-refractivity contribution < 1.29 is 9.47 Å². The number of rotatable bonds is 4. The number of hydrogen-bond donors (Lipinski definition) is 2. The van der Waals surface area contributed by atoms with E-state index in [2.05, 4.69) is 27.9 Å². The highest BCUT2D eigenvalue weighted by Gasteiger charge is 2.34. The van der Waals surface area contributed by atoms with Gasteiger partial charge < -0.3 is 20.5 Å². The molecule has 1 heterocycles. The Labute approximate surface area is 115 Å². The van der Waals surface area contributed by atoms with Crippen molar-refractivity contribution in [1.29, 1.82) is 0 Å². The Morgan fingerprint density at radius 2 is 2.41 bits per heavy atom. The summed E-state index contributed by atoms with van der Waals surface area (Å²) in [5, 5.41) is 3.34. The second kappa shape index (κ2) is 5.41. The van der Waals surface area contributed by atoms with Gasteiger partial charge in [0.15, 0.2) is 0 Å². The van der Waals surface area contributed by atoms with Gasteiger partial charge >= 0.3 is 0 Å². The molecule has 1 aromatic rings. The summed E-state index contributed by atoms with van der Waals surface area (Å²) in [5.41, 5.74) is 7.46. The van der Waals surface area contributed by atoms with Gasteiger partial charge in [0.25, 0.3) is 0 Å². The van der Waals surface area contributed by atoms with Crippen LogP contribution in [0, 0.1) is 3.57 Å². The van der Waals surface area contributed by atoms with Crippen LogP contribution >= 0.6 is 22.6 Å². The molecule has 94 valence electrons. The minimum atomic E-state index is -0.213. The lowest BCUT2D eigenvalue weighted by Crippen LogP contribution is -2.39. The molecule has 0 aliphatic carbocycles. The van der Waals surface area contributed by atoms with Crippen LogP contribution in [0.5, 0.6) is 0 Å². The third-order valence-corrected chi connectivity index (χ3v) is 3.79. The van der Waals surface area contributed by atoms with Crippen LogP contribution in [0.15, 0.2) is 18.2 Å². The molecule has 0 radical (unpaired) electrons. The van der Waals surface area contributed by atoms with E-state index in [9.17, 15) is 0 Å². The van der Waals surface area contributed by atoms with Gasteiger partial charge in [-0.1, -0.05) is 0 Å². The van der Waals surface area contributed by atoms with Crippen molar-refractivity contribution in [2.75, 3.05) is 37.9 Å². The molecule has 0 amide bonds. The normalized spacial score (nSPS) is 23.9. The zero-order chi connectivity index (χ0) is 12.3. The molecule has 5 heteroatoms. The monoisotopic (exact) mass is 348 g/mol. The predicted octanol–water partition coefficient (Wildman–Crippen LogP) is 2.09. The molecule has 1 unspecified atom stereocenters. The zero-order valence-corrected chi connectivity index (χ0v) is 12.0. The first kappa shape index (κ1) is 12.9. The summed E-state index contributed by atoms with van der Waals surface area (Å²) in [5.74, 6) is 0. The number of benzene rings is 1. The summed E-state index contributed by atoms with van der Waals surface area (Å²) < 4.78 is 12.1. The quantitative estimate of drug-likeness (QED) is 0.646. The molecule has 4 nitrogen and oxygen atoms in total. The molecule has 1 aromatic carbocycles. The number of ether oxygens (including phenoxy) is 2. The Hall–Kier alpha value is -0.530. The summed E-state index contributed by atoms with van der Waals surface area (Å²) in [6, 6.07) is 5.98. The third-order valence-electron chi connectivity index (χ3n) is 3.11. The fourth-order valence-electron chi connectivity index (χ4n) is 1.91. The molecular weight excluding hydrogens is 331 g/mol. The third kappa shape index (κ3) is 3.02. The van der Waals surface area contributed by atoms with Crippen LogP contribution in [-0.4, -0.2) is 32.5 Å². The molecule has 0 bridgehead atoms. The minimum absolute atomic E-state index is 0.213. The molecular formula is C12H17IN2O2. The lowest BCUT2D eigenvalue weighted by Gasteiger charge is -2.26. The van der Waals surface area contributed by atoms with E-state index < -0.39 is 0 Å². The smallest absolute Gasteiger partial charge is 0.110 e. The number of nitrogens with one attached hydrogen (secondary N) is 1. The van der Waals surface area contributed by atoms with Crippen molar-refractivity contribution in [3.63, 3.8) is 0 Å². The number of halogens is 1. The second-order valence-electron chi connectivity index (χ2n) is 4.27. The van der Waals surface area contributed by atoms with Gasteiger partial charge in [0.05, 0.1) is 18.0 Å². The highest BCUT2D eigenvalue weighted by Crippen LogP contribution is 2.26. The summed E-state index contributed by atoms with van der Waals surface area (Å²) in [4.78, 5) is 0. The van der Waals surface area contributed by atoms with Crippen molar-refractivity contribution in [1.82, 2.24) is 0 Å². The van der Waals surface area contributed by atoms with E-state index >= 15 is 0 Å². The average Bonchev–Trinajstić information content (AvgIpc) is 2.77. The molecule has 0 aromatic heterocycles. The van der Waals surface area contributed by atoms with Crippen molar-refractivity contribution in [3.05, 3.63) is 21.8 Å². The number of hydrogen-bond acceptors (Lipinski definition) is 4. The SMILES string of the molecule is COC1(CNc2ccc(I)cc2N)CCOC1. The Morgan fingerprint density at radius 3 is 3.00 bits per heavy atom. The number of anilines is 2. The van der Waals surface area contributed by atoms with Gasteiger partial charge in [-0.15, -0.1) is 0 Å². The van der Waals surface area contributed by atoms with Gasteiger partial charge in [-0.05, 0) is 40.8 Å². The van der Waals surface area contributed by atoms with E-state index in [1.807, 2.05) is 18.2 Å². The summed E-state index contributed by atoms with van der Waals surface area (Å²) in [7, 11) is 1.73. The zero-order valence-electron chi connectivity index (χ0n) is 9.83. The first-order chi connectivity index (χ1) is 8.15. The van der Waals surface area contributed by atoms with Crippen LogP contribution in [0.1, 0.15) is 6.42 Å². The van der Waals surface area contributed by atoms with Gasteiger partial charge in [0.2, 0.25) is 0 Å². The summed E-state index contributed by atoms with van der Waals surface area (Å²) >= 11 is 2.25. The van der Waals surface area contributed by atoms with Gasteiger partial charge in [0.1, 0.15) is 5.60 Å². The van der Waals surface area contributed by atoms with E-state index in [-0.39, 0.29) is 5.60 Å². The molecule has 1 aliphatic heterocycles. The highest BCUT2D eigenvalue weighted by atomic mass is 127. The molecule has 0 saturated carbocycles. The molecule has 2 rings (SSSR count). The number of methoxy groups -OCH3 is 1. The van der Waals surface area contributed by atoms with Crippen molar-refractivity contribution >= 4 is 34.0 Å². The minimum Gasteiger partial charge on any atom is -0.397 e. The molecule has 17 heavy (non-hydrogen) atoms. The lowest BCUT2D eigenvalue weighted by atomic mass is 10.0. The first-order valence-electron chi connectivity index (χ1n) is 5.57. The number of nitrogen functional groups attached to an aromatic ring is 1. The van der Waals surface area contributed by atoms with Crippen LogP contribution in [-0.2, 0) is 9.47 Å². The van der Waals surface area contributed by atoms with Crippen molar-refractivity contribution in [3.8, 4) is 0 Å². The number of nitrogens with two attached hydrogens (primary N) is 1. The van der Waals surface area contributed by atoms with Gasteiger partial charge in [0, 0.05) is 30.3 Å². The van der Waals surface area contributed by atoms with Crippen molar-refractivity contribution in [2.45, 2.75) is 12.0 Å². The van der Waals surface area contributed by atoms with E-state index in [0.29, 0.717) is 13.2 Å². The van der Waals surface area contributed by atoms with Gasteiger partial charge in [-0.25, -0.2) is 0 Å². The summed E-state index contributed by atoms with van der Waals surface area (Å²) in [6.07, 6.45) is 0.917. The molecule has 1 saturated heterocycles. The van der Waals surface area contributed by atoms with Gasteiger partial charge in [-0.3, -0.25) is 0 Å². The maximum absolute atomic E-state index is 5.95. The Morgan fingerprint density at radius 1 is 1.59 bits per heavy atom. The Kier molecular flexibility index (Phi) is 4.11. The molecule has 3 N–H and O–H groups in total. The fourth-order valence-corrected chi connectivity index (χ4v) is 2.43. The molecule has 1 aliphatic rings. The Balaban J connectivity index is 2.01. The van der Waals surface area contributed by atoms with Crippen molar-refractivity contribution in [2.24, 2.45) is 0 Å². The van der Waals surface area contributed by atoms with Gasteiger partial charge in [-0.2, -0.15) is 0 Å². The molecule has 1 atom stereocenters. The van der Waals surface area contributed by atoms with E-state index in [1.54, 1.807) is 7.11 Å². The maximum Gasteiger partial charge on any atom is 0.110 e. The average molecular weight is 348 g/mol. The maximum atomic E-state index is 5.95. The van der Waals surface area contributed by atoms with E-state index in [4.69, 9.17) is 15.2 Å². The predicted molar refractivity (Wildman–Crippen MR) is 77.2 cm³/mol. The van der Waals surface area contributed by atoms with Crippen LogP contribution in [0.2, 0.25) is 0 Å².